The van der Waals surface area contributed by atoms with Gasteiger partial charge in [-0.15, -0.1) is 0 Å². The number of carbonyl (C=O) groups is 1. The fraction of sp³-hybridized carbons (Fsp3) is 0.500. The van der Waals surface area contributed by atoms with Crippen molar-refractivity contribution in [2.75, 3.05) is 0 Å². The van der Waals surface area contributed by atoms with Crippen LogP contribution in [0.1, 0.15) is 32.1 Å². The number of carboxylic acids is 1. The van der Waals surface area contributed by atoms with Crippen LogP contribution in [-0.4, -0.2) is 15.6 Å². The molecule has 1 aliphatic carbocycles. The summed E-state index contributed by atoms with van der Waals surface area (Å²) in [5, 5.41) is 9.41. The molecule has 0 aromatic carbocycles. The molecule has 1 saturated carbocycles. The molecule has 86 valence electrons. The lowest BCUT2D eigenvalue weighted by atomic mass is 9.81. The van der Waals surface area contributed by atoms with E-state index < -0.39 is 11.5 Å². The van der Waals surface area contributed by atoms with Crippen LogP contribution in [-0.2, 0) is 10.3 Å². The number of rotatable bonds is 2. The summed E-state index contributed by atoms with van der Waals surface area (Å²) in [7, 11) is 0. The first-order valence-electron chi connectivity index (χ1n) is 5.57. The van der Waals surface area contributed by atoms with Gasteiger partial charge in [0.2, 0.25) is 0 Å². The molecule has 4 heteroatoms. The summed E-state index contributed by atoms with van der Waals surface area (Å²) >= 11 is 0. The van der Waals surface area contributed by atoms with E-state index in [0.717, 1.165) is 19.3 Å². The third-order valence-corrected chi connectivity index (χ3v) is 3.37. The SMILES string of the molecule is O=C(O)C1(n2ccc(=O)cc2)CCCCC1. The molecule has 0 bridgehead atoms. The standard InChI is InChI=1S/C12H15NO3/c14-10-4-8-13(9-5-10)12(11(15)16)6-2-1-3-7-12/h4-5,8-9H,1-3,6-7H2,(H,15,16). The average molecular weight is 221 g/mol. The van der Waals surface area contributed by atoms with Crippen molar-refractivity contribution >= 4 is 5.97 Å². The predicted octanol–water partition coefficient (Wildman–Crippen LogP) is 1.59. The summed E-state index contributed by atoms with van der Waals surface area (Å²) in [6.45, 7) is 0. The van der Waals surface area contributed by atoms with Crippen molar-refractivity contribution in [1.82, 2.24) is 4.57 Å². The summed E-state index contributed by atoms with van der Waals surface area (Å²) in [5.41, 5.74) is -0.932. The number of aliphatic carboxylic acids is 1. The molecule has 16 heavy (non-hydrogen) atoms. The second-order valence-corrected chi connectivity index (χ2v) is 4.34. The quantitative estimate of drug-likeness (QED) is 0.825. The second-order valence-electron chi connectivity index (χ2n) is 4.34. The van der Waals surface area contributed by atoms with Crippen LogP contribution in [0.25, 0.3) is 0 Å². The highest BCUT2D eigenvalue weighted by molar-refractivity contribution is 5.76. The molecule has 1 fully saturated rings. The third-order valence-electron chi connectivity index (χ3n) is 3.37. The van der Waals surface area contributed by atoms with E-state index in [1.165, 1.54) is 12.1 Å². The molecule has 2 rings (SSSR count). The molecule has 0 radical (unpaired) electrons. The Bertz CT molecular complexity index is 423. The Morgan fingerprint density at radius 3 is 2.25 bits per heavy atom. The monoisotopic (exact) mass is 221 g/mol. The fourth-order valence-electron chi connectivity index (χ4n) is 2.42. The van der Waals surface area contributed by atoms with Crippen LogP contribution in [0, 0.1) is 0 Å². The number of nitrogens with zero attached hydrogens (tertiary/aromatic N) is 1. The molecule has 1 heterocycles. The Balaban J connectivity index is 2.42. The number of aromatic nitrogens is 1. The van der Waals surface area contributed by atoms with Crippen LogP contribution < -0.4 is 5.43 Å². The zero-order valence-corrected chi connectivity index (χ0v) is 9.06. The average Bonchev–Trinajstić information content (AvgIpc) is 2.30. The van der Waals surface area contributed by atoms with E-state index in [4.69, 9.17) is 0 Å². The van der Waals surface area contributed by atoms with Crippen LogP contribution in [0.5, 0.6) is 0 Å². The molecule has 1 aromatic heterocycles. The van der Waals surface area contributed by atoms with Crippen LogP contribution in [0.3, 0.4) is 0 Å². The van der Waals surface area contributed by atoms with E-state index in [9.17, 15) is 14.7 Å². The molecule has 1 N–H and O–H groups in total. The summed E-state index contributed by atoms with van der Waals surface area (Å²) in [5.74, 6) is -0.796. The predicted molar refractivity (Wildman–Crippen MR) is 59.4 cm³/mol. The number of hydrogen-bond donors (Lipinski definition) is 1. The van der Waals surface area contributed by atoms with Crippen LogP contribution in [0.15, 0.2) is 29.3 Å². The maximum absolute atomic E-state index is 11.5. The van der Waals surface area contributed by atoms with Crippen molar-refractivity contribution in [3.8, 4) is 0 Å². The molecular formula is C12H15NO3. The van der Waals surface area contributed by atoms with Gasteiger partial charge in [0, 0.05) is 24.5 Å². The topological polar surface area (TPSA) is 59.3 Å². The van der Waals surface area contributed by atoms with E-state index in [-0.39, 0.29) is 5.43 Å². The second kappa shape index (κ2) is 4.12. The van der Waals surface area contributed by atoms with E-state index in [1.54, 1.807) is 17.0 Å². The maximum Gasteiger partial charge on any atom is 0.329 e. The number of hydrogen-bond acceptors (Lipinski definition) is 2. The summed E-state index contributed by atoms with van der Waals surface area (Å²) < 4.78 is 1.68. The first kappa shape index (κ1) is 10.9. The molecule has 4 nitrogen and oxygen atoms in total. The van der Waals surface area contributed by atoms with Crippen molar-refractivity contribution in [3.63, 3.8) is 0 Å². The molecule has 0 saturated heterocycles. The lowest BCUT2D eigenvalue weighted by Gasteiger charge is -2.35. The van der Waals surface area contributed by atoms with Gasteiger partial charge in [-0.3, -0.25) is 4.79 Å². The third kappa shape index (κ3) is 1.75. The number of pyridine rings is 1. The van der Waals surface area contributed by atoms with Gasteiger partial charge in [-0.25, -0.2) is 4.79 Å². The van der Waals surface area contributed by atoms with Gasteiger partial charge in [0.25, 0.3) is 0 Å². The Labute approximate surface area is 93.5 Å². The van der Waals surface area contributed by atoms with Gasteiger partial charge in [0.15, 0.2) is 5.43 Å². The van der Waals surface area contributed by atoms with Gasteiger partial charge in [0.05, 0.1) is 0 Å². The molecule has 0 unspecified atom stereocenters. The van der Waals surface area contributed by atoms with Crippen molar-refractivity contribution in [3.05, 3.63) is 34.7 Å². The van der Waals surface area contributed by atoms with E-state index in [2.05, 4.69) is 0 Å². The highest BCUT2D eigenvalue weighted by Crippen LogP contribution is 2.34. The van der Waals surface area contributed by atoms with Crippen molar-refractivity contribution in [2.24, 2.45) is 0 Å². The summed E-state index contributed by atoms with van der Waals surface area (Å²) in [4.78, 5) is 22.5. The Morgan fingerprint density at radius 1 is 1.19 bits per heavy atom. The zero-order chi connectivity index (χ0) is 11.6. The minimum Gasteiger partial charge on any atom is -0.479 e. The van der Waals surface area contributed by atoms with Crippen molar-refractivity contribution in [2.45, 2.75) is 37.6 Å². The van der Waals surface area contributed by atoms with E-state index in [1.807, 2.05) is 0 Å². The highest BCUT2D eigenvalue weighted by atomic mass is 16.4. The van der Waals surface area contributed by atoms with E-state index >= 15 is 0 Å². The molecule has 0 amide bonds. The molecular weight excluding hydrogens is 206 g/mol. The largest absolute Gasteiger partial charge is 0.479 e. The van der Waals surface area contributed by atoms with Gasteiger partial charge in [0.1, 0.15) is 5.54 Å². The Kier molecular flexibility index (Phi) is 2.81. The minimum atomic E-state index is -0.841. The van der Waals surface area contributed by atoms with Crippen LogP contribution in [0.2, 0.25) is 0 Å². The van der Waals surface area contributed by atoms with Gasteiger partial charge < -0.3 is 9.67 Å². The van der Waals surface area contributed by atoms with Gasteiger partial charge in [-0.2, -0.15) is 0 Å². The van der Waals surface area contributed by atoms with Crippen LogP contribution in [0.4, 0.5) is 0 Å². The van der Waals surface area contributed by atoms with Crippen molar-refractivity contribution in [1.29, 1.82) is 0 Å². The fourth-order valence-corrected chi connectivity index (χ4v) is 2.42. The first-order chi connectivity index (χ1) is 7.65. The zero-order valence-electron chi connectivity index (χ0n) is 9.06. The first-order valence-corrected chi connectivity index (χ1v) is 5.57. The normalized spacial score (nSPS) is 19.2. The Hall–Kier alpha value is -1.58. The minimum absolute atomic E-state index is 0.0902. The highest BCUT2D eigenvalue weighted by Gasteiger charge is 2.40. The van der Waals surface area contributed by atoms with Gasteiger partial charge >= 0.3 is 5.97 Å². The smallest absolute Gasteiger partial charge is 0.329 e. The van der Waals surface area contributed by atoms with Crippen LogP contribution >= 0.6 is 0 Å². The lowest BCUT2D eigenvalue weighted by Crippen LogP contribution is -2.43. The summed E-state index contributed by atoms with van der Waals surface area (Å²) in [6, 6.07) is 2.83. The summed E-state index contributed by atoms with van der Waals surface area (Å²) in [6.07, 6.45) is 7.41. The van der Waals surface area contributed by atoms with Gasteiger partial charge in [-0.05, 0) is 12.8 Å². The maximum atomic E-state index is 11.5. The Morgan fingerprint density at radius 2 is 1.75 bits per heavy atom. The molecule has 0 atom stereocenters. The van der Waals surface area contributed by atoms with Crippen molar-refractivity contribution < 1.29 is 9.90 Å². The molecule has 0 spiro atoms. The van der Waals surface area contributed by atoms with E-state index in [0.29, 0.717) is 12.8 Å². The molecule has 1 aliphatic rings. The lowest BCUT2D eigenvalue weighted by molar-refractivity contribution is -0.149. The van der Waals surface area contributed by atoms with Gasteiger partial charge in [-0.1, -0.05) is 19.3 Å². The molecule has 0 aliphatic heterocycles. The molecule has 1 aromatic rings. The number of carboxylic acid groups (broad SMARTS) is 1.